The first-order chi connectivity index (χ1) is 9.65. The van der Waals surface area contributed by atoms with Crippen molar-refractivity contribution in [2.75, 3.05) is 6.54 Å². The maximum atomic E-state index is 12.1. The molecule has 0 aromatic heterocycles. The van der Waals surface area contributed by atoms with Gasteiger partial charge in [0.2, 0.25) is 5.91 Å². The molecule has 1 amide bonds. The highest BCUT2D eigenvalue weighted by atomic mass is 19.3. The highest BCUT2D eigenvalue weighted by Gasteiger charge is 2.41. The Bertz CT molecular complexity index is 492. The minimum Gasteiger partial charge on any atom is -0.435 e. The van der Waals surface area contributed by atoms with Crippen LogP contribution in [-0.4, -0.2) is 30.0 Å². The molecule has 0 radical (unpaired) electrons. The van der Waals surface area contributed by atoms with E-state index in [2.05, 4.69) is 15.0 Å². The number of carbonyl (C=O) groups excluding carboxylic acids is 1. The normalized spacial score (nSPS) is 26.4. The molecule has 0 saturated carbocycles. The summed E-state index contributed by atoms with van der Waals surface area (Å²) in [5, 5.41) is 2.97. The quantitative estimate of drug-likeness (QED) is 0.924. The van der Waals surface area contributed by atoms with E-state index in [-0.39, 0.29) is 23.9 Å². The molecule has 2 unspecified atom stereocenters. The fourth-order valence-corrected chi connectivity index (χ4v) is 2.96. The van der Waals surface area contributed by atoms with Gasteiger partial charge in [-0.05, 0) is 30.5 Å². The molecule has 2 fully saturated rings. The molecule has 1 aromatic carbocycles. The molecule has 108 valence electrons. The number of piperidine rings is 1. The number of amides is 1. The number of hydrogen-bond donors (Lipinski definition) is 1. The molecule has 0 aliphatic carbocycles. The maximum absolute atomic E-state index is 12.1. The van der Waals surface area contributed by atoms with Crippen molar-refractivity contribution in [2.45, 2.75) is 38.1 Å². The zero-order valence-electron chi connectivity index (χ0n) is 10.9. The van der Waals surface area contributed by atoms with Crippen molar-refractivity contribution in [3.8, 4) is 5.75 Å². The van der Waals surface area contributed by atoms with Gasteiger partial charge in [0.05, 0.1) is 6.04 Å². The average Bonchev–Trinajstić information content (AvgIpc) is 2.77. The van der Waals surface area contributed by atoms with Crippen molar-refractivity contribution in [3.63, 3.8) is 0 Å². The van der Waals surface area contributed by atoms with Crippen LogP contribution in [0, 0.1) is 0 Å². The summed E-state index contributed by atoms with van der Waals surface area (Å²) in [6.45, 7) is -1.94. The summed E-state index contributed by atoms with van der Waals surface area (Å²) in [6.07, 6.45) is 2.87. The van der Waals surface area contributed by atoms with Gasteiger partial charge in [0.25, 0.3) is 0 Å². The van der Waals surface area contributed by atoms with Gasteiger partial charge in [-0.15, -0.1) is 0 Å². The first kappa shape index (κ1) is 13.3. The number of carbonyl (C=O) groups is 1. The third-order valence-electron chi connectivity index (χ3n) is 3.88. The maximum Gasteiger partial charge on any atom is 0.387 e. The van der Waals surface area contributed by atoms with Crippen LogP contribution in [0.1, 0.15) is 31.0 Å². The van der Waals surface area contributed by atoms with Gasteiger partial charge in [0.1, 0.15) is 11.9 Å². The van der Waals surface area contributed by atoms with E-state index in [0.29, 0.717) is 0 Å². The third-order valence-corrected chi connectivity index (χ3v) is 3.88. The standard InChI is InChI=1S/C14H16F2N2O2/c15-14(16)20-10-6-4-9(5-7-10)12-17-13(19)11-3-1-2-8-18(11)12/h4-7,11-12,14H,1-3,8H2,(H,17,19). The Morgan fingerprint density at radius 1 is 1.25 bits per heavy atom. The predicted octanol–water partition coefficient (Wildman–Crippen LogP) is 2.27. The Morgan fingerprint density at radius 2 is 2.00 bits per heavy atom. The number of ether oxygens (including phenoxy) is 1. The minimum atomic E-state index is -2.82. The summed E-state index contributed by atoms with van der Waals surface area (Å²) >= 11 is 0. The Kier molecular flexibility index (Phi) is 3.56. The molecule has 2 aliphatic heterocycles. The fraction of sp³-hybridized carbons (Fsp3) is 0.500. The van der Waals surface area contributed by atoms with Gasteiger partial charge in [-0.25, -0.2) is 0 Å². The third kappa shape index (κ3) is 2.47. The Morgan fingerprint density at radius 3 is 2.70 bits per heavy atom. The molecule has 6 heteroatoms. The number of alkyl halides is 2. The monoisotopic (exact) mass is 282 g/mol. The first-order valence-corrected chi connectivity index (χ1v) is 6.76. The Balaban J connectivity index is 1.77. The van der Waals surface area contributed by atoms with Crippen molar-refractivity contribution in [3.05, 3.63) is 29.8 Å². The SMILES string of the molecule is O=C1NC(c2ccc(OC(F)F)cc2)N2CCCCC12. The van der Waals surface area contributed by atoms with E-state index in [4.69, 9.17) is 0 Å². The topological polar surface area (TPSA) is 41.6 Å². The highest BCUT2D eigenvalue weighted by molar-refractivity contribution is 5.84. The number of hydrogen-bond acceptors (Lipinski definition) is 3. The molecule has 1 aromatic rings. The van der Waals surface area contributed by atoms with Gasteiger partial charge in [-0.3, -0.25) is 9.69 Å². The molecule has 20 heavy (non-hydrogen) atoms. The molecule has 2 heterocycles. The van der Waals surface area contributed by atoms with Crippen molar-refractivity contribution in [1.82, 2.24) is 10.2 Å². The van der Waals surface area contributed by atoms with Gasteiger partial charge in [-0.2, -0.15) is 8.78 Å². The lowest BCUT2D eigenvalue weighted by atomic mass is 10.0. The van der Waals surface area contributed by atoms with E-state index in [9.17, 15) is 13.6 Å². The lowest BCUT2D eigenvalue weighted by Crippen LogP contribution is -2.38. The van der Waals surface area contributed by atoms with Crippen molar-refractivity contribution < 1.29 is 18.3 Å². The predicted molar refractivity (Wildman–Crippen MR) is 68.3 cm³/mol. The van der Waals surface area contributed by atoms with Crippen molar-refractivity contribution in [1.29, 1.82) is 0 Å². The van der Waals surface area contributed by atoms with Crippen LogP contribution < -0.4 is 10.1 Å². The van der Waals surface area contributed by atoms with Crippen molar-refractivity contribution >= 4 is 5.91 Å². The van der Waals surface area contributed by atoms with E-state index in [0.717, 1.165) is 31.4 Å². The summed E-state index contributed by atoms with van der Waals surface area (Å²) in [4.78, 5) is 14.1. The number of fused-ring (bicyclic) bond motifs is 1. The second-order valence-electron chi connectivity index (χ2n) is 5.11. The lowest BCUT2D eigenvalue weighted by Gasteiger charge is -2.31. The fourth-order valence-electron chi connectivity index (χ4n) is 2.96. The van der Waals surface area contributed by atoms with Crippen molar-refractivity contribution in [2.24, 2.45) is 0 Å². The van der Waals surface area contributed by atoms with E-state index in [1.165, 1.54) is 12.1 Å². The summed E-state index contributed by atoms with van der Waals surface area (Å²) in [6, 6.07) is 6.40. The number of rotatable bonds is 3. The second-order valence-corrected chi connectivity index (χ2v) is 5.11. The number of benzene rings is 1. The molecule has 4 nitrogen and oxygen atoms in total. The van der Waals surface area contributed by atoms with E-state index in [1.807, 2.05) is 0 Å². The van der Waals surface area contributed by atoms with Gasteiger partial charge >= 0.3 is 6.61 Å². The summed E-state index contributed by atoms with van der Waals surface area (Å²) in [7, 11) is 0. The van der Waals surface area contributed by atoms with Gasteiger partial charge in [0.15, 0.2) is 0 Å². The van der Waals surface area contributed by atoms with Gasteiger partial charge in [0, 0.05) is 6.54 Å². The molecule has 0 bridgehead atoms. The minimum absolute atomic E-state index is 0.0502. The van der Waals surface area contributed by atoms with Crippen LogP contribution in [0.5, 0.6) is 5.75 Å². The molecule has 2 aliphatic rings. The summed E-state index contributed by atoms with van der Waals surface area (Å²) in [5.74, 6) is 0.186. The molecule has 0 spiro atoms. The summed E-state index contributed by atoms with van der Waals surface area (Å²) in [5.41, 5.74) is 0.893. The smallest absolute Gasteiger partial charge is 0.387 e. The molecule has 1 N–H and O–H groups in total. The lowest BCUT2D eigenvalue weighted by molar-refractivity contribution is -0.122. The van der Waals surface area contributed by atoms with E-state index in [1.54, 1.807) is 12.1 Å². The Labute approximate surface area is 115 Å². The molecule has 2 saturated heterocycles. The number of nitrogens with zero attached hydrogens (tertiary/aromatic N) is 1. The van der Waals surface area contributed by atoms with Crippen LogP contribution in [0.15, 0.2) is 24.3 Å². The van der Waals surface area contributed by atoms with Crippen LogP contribution >= 0.6 is 0 Å². The summed E-state index contributed by atoms with van der Waals surface area (Å²) < 4.78 is 28.5. The van der Waals surface area contributed by atoms with Crippen LogP contribution in [-0.2, 0) is 4.79 Å². The molecular formula is C14H16F2N2O2. The first-order valence-electron chi connectivity index (χ1n) is 6.76. The largest absolute Gasteiger partial charge is 0.435 e. The van der Waals surface area contributed by atoms with Gasteiger partial charge in [-0.1, -0.05) is 18.6 Å². The van der Waals surface area contributed by atoms with Crippen LogP contribution in [0.4, 0.5) is 8.78 Å². The van der Waals surface area contributed by atoms with Crippen LogP contribution in [0.25, 0.3) is 0 Å². The van der Waals surface area contributed by atoms with Crippen LogP contribution in [0.2, 0.25) is 0 Å². The average molecular weight is 282 g/mol. The second kappa shape index (κ2) is 5.36. The highest BCUT2D eigenvalue weighted by Crippen LogP contribution is 2.32. The zero-order valence-corrected chi connectivity index (χ0v) is 10.9. The number of nitrogens with one attached hydrogen (secondary N) is 1. The van der Waals surface area contributed by atoms with Gasteiger partial charge < -0.3 is 10.1 Å². The van der Waals surface area contributed by atoms with E-state index >= 15 is 0 Å². The van der Waals surface area contributed by atoms with E-state index < -0.39 is 6.61 Å². The number of halogens is 2. The Hall–Kier alpha value is -1.69. The molecule has 3 rings (SSSR count). The molecule has 2 atom stereocenters. The zero-order chi connectivity index (χ0) is 14.1. The molecular weight excluding hydrogens is 266 g/mol. The van der Waals surface area contributed by atoms with Crippen LogP contribution in [0.3, 0.4) is 0 Å².